The van der Waals surface area contributed by atoms with E-state index in [0.717, 1.165) is 18.0 Å². The third kappa shape index (κ3) is 2.32. The lowest BCUT2D eigenvalue weighted by molar-refractivity contribution is 0.210. The molecule has 3 aromatic rings. The smallest absolute Gasteiger partial charge is 0.144 e. The summed E-state index contributed by atoms with van der Waals surface area (Å²) in [6.07, 6.45) is 0.000530. The molecule has 0 spiro atoms. The van der Waals surface area contributed by atoms with E-state index in [2.05, 4.69) is 47.8 Å². The van der Waals surface area contributed by atoms with E-state index >= 15 is 0 Å². The number of fused-ring (bicyclic) bond motifs is 2. The van der Waals surface area contributed by atoms with Gasteiger partial charge in [0.15, 0.2) is 0 Å². The first-order chi connectivity index (χ1) is 10.3. The molecule has 1 N–H and O–H groups in total. The predicted octanol–water partition coefficient (Wildman–Crippen LogP) is 5.04. The minimum atomic E-state index is 0.000530. The average molecular weight is 296 g/mol. The molecule has 1 aliphatic rings. The van der Waals surface area contributed by atoms with Crippen LogP contribution in [-0.2, 0) is 0 Å². The average Bonchev–Trinajstić information content (AvgIpc) is 2.53. The SMILES string of the molecule is Clc1ccc2c(c1)OC(c1ccc3ccccc3c1)CN2. The lowest BCUT2D eigenvalue weighted by Gasteiger charge is -2.28. The van der Waals surface area contributed by atoms with Crippen LogP contribution in [0.5, 0.6) is 5.75 Å². The summed E-state index contributed by atoms with van der Waals surface area (Å²) in [5.74, 6) is 0.812. The van der Waals surface area contributed by atoms with Crippen LogP contribution in [0.1, 0.15) is 11.7 Å². The second-order valence-corrected chi connectivity index (χ2v) is 5.67. The molecule has 3 aromatic carbocycles. The van der Waals surface area contributed by atoms with E-state index in [1.807, 2.05) is 18.2 Å². The summed E-state index contributed by atoms with van der Waals surface area (Å²) in [4.78, 5) is 0. The number of anilines is 1. The van der Waals surface area contributed by atoms with Crippen LogP contribution in [0.4, 0.5) is 5.69 Å². The maximum atomic E-state index is 6.10. The van der Waals surface area contributed by atoms with Crippen LogP contribution in [0.2, 0.25) is 5.02 Å². The van der Waals surface area contributed by atoms with E-state index in [-0.39, 0.29) is 6.10 Å². The van der Waals surface area contributed by atoms with Crippen LogP contribution in [0.15, 0.2) is 60.7 Å². The molecule has 21 heavy (non-hydrogen) atoms. The fourth-order valence-corrected chi connectivity index (χ4v) is 2.89. The molecule has 1 heterocycles. The van der Waals surface area contributed by atoms with Crippen molar-refractivity contribution < 1.29 is 4.74 Å². The van der Waals surface area contributed by atoms with Crippen molar-refractivity contribution in [3.63, 3.8) is 0 Å². The Morgan fingerprint density at radius 1 is 0.952 bits per heavy atom. The van der Waals surface area contributed by atoms with E-state index in [1.165, 1.54) is 16.3 Å². The second kappa shape index (κ2) is 4.97. The van der Waals surface area contributed by atoms with E-state index < -0.39 is 0 Å². The highest BCUT2D eigenvalue weighted by atomic mass is 35.5. The van der Waals surface area contributed by atoms with E-state index in [0.29, 0.717) is 5.02 Å². The van der Waals surface area contributed by atoms with Crippen molar-refractivity contribution in [3.8, 4) is 5.75 Å². The normalized spacial score (nSPS) is 16.9. The summed E-state index contributed by atoms with van der Waals surface area (Å²) in [5, 5.41) is 6.57. The van der Waals surface area contributed by atoms with Crippen molar-refractivity contribution in [2.24, 2.45) is 0 Å². The Hall–Kier alpha value is -2.19. The van der Waals surface area contributed by atoms with Crippen molar-refractivity contribution in [1.29, 1.82) is 0 Å². The lowest BCUT2D eigenvalue weighted by Crippen LogP contribution is -2.23. The highest BCUT2D eigenvalue weighted by Crippen LogP contribution is 2.36. The zero-order valence-corrected chi connectivity index (χ0v) is 12.1. The number of rotatable bonds is 1. The van der Waals surface area contributed by atoms with Gasteiger partial charge in [-0.05, 0) is 34.5 Å². The number of hydrogen-bond acceptors (Lipinski definition) is 2. The van der Waals surface area contributed by atoms with Gasteiger partial charge in [0.25, 0.3) is 0 Å². The molecule has 0 saturated carbocycles. The van der Waals surface area contributed by atoms with Gasteiger partial charge in [0, 0.05) is 11.1 Å². The van der Waals surface area contributed by atoms with Gasteiger partial charge < -0.3 is 10.1 Å². The Kier molecular flexibility index (Phi) is 2.97. The van der Waals surface area contributed by atoms with Crippen LogP contribution in [0, 0.1) is 0 Å². The third-order valence-electron chi connectivity index (χ3n) is 3.84. The molecule has 2 nitrogen and oxygen atoms in total. The van der Waals surface area contributed by atoms with Gasteiger partial charge in [-0.15, -0.1) is 0 Å². The standard InChI is InChI=1S/C18H14ClNO/c19-15-7-8-16-17(10-15)21-18(11-20-16)14-6-5-12-3-1-2-4-13(12)9-14/h1-10,18,20H,11H2. The first-order valence-corrected chi connectivity index (χ1v) is 7.36. The van der Waals surface area contributed by atoms with Gasteiger partial charge in [-0.3, -0.25) is 0 Å². The summed E-state index contributed by atoms with van der Waals surface area (Å²) in [6.45, 7) is 0.757. The first-order valence-electron chi connectivity index (χ1n) is 6.98. The number of nitrogens with one attached hydrogen (secondary N) is 1. The Morgan fingerprint density at radius 2 is 1.81 bits per heavy atom. The summed E-state index contributed by atoms with van der Waals surface area (Å²) in [5.41, 5.74) is 2.17. The van der Waals surface area contributed by atoms with Crippen molar-refractivity contribution >= 4 is 28.1 Å². The lowest BCUT2D eigenvalue weighted by atomic mass is 10.0. The monoisotopic (exact) mass is 295 g/mol. The minimum absolute atomic E-state index is 0.000530. The summed E-state index contributed by atoms with van der Waals surface area (Å²) in [6, 6.07) is 20.5. The number of hydrogen-bond donors (Lipinski definition) is 1. The van der Waals surface area contributed by atoms with E-state index in [9.17, 15) is 0 Å². The van der Waals surface area contributed by atoms with Gasteiger partial charge >= 0.3 is 0 Å². The van der Waals surface area contributed by atoms with Crippen molar-refractivity contribution in [1.82, 2.24) is 0 Å². The molecule has 0 radical (unpaired) electrons. The second-order valence-electron chi connectivity index (χ2n) is 5.23. The molecule has 0 aliphatic carbocycles. The molecule has 0 bridgehead atoms. The maximum absolute atomic E-state index is 6.10. The number of ether oxygens (including phenoxy) is 1. The molecule has 1 atom stereocenters. The summed E-state index contributed by atoms with van der Waals surface area (Å²) >= 11 is 6.04. The topological polar surface area (TPSA) is 21.3 Å². The first kappa shape index (κ1) is 12.5. The summed E-state index contributed by atoms with van der Waals surface area (Å²) in [7, 11) is 0. The van der Waals surface area contributed by atoms with Crippen LogP contribution in [-0.4, -0.2) is 6.54 Å². The molecular weight excluding hydrogens is 282 g/mol. The number of halogens is 1. The predicted molar refractivity (Wildman–Crippen MR) is 87.3 cm³/mol. The van der Waals surface area contributed by atoms with Crippen LogP contribution < -0.4 is 10.1 Å². The molecule has 0 aromatic heterocycles. The largest absolute Gasteiger partial charge is 0.482 e. The Morgan fingerprint density at radius 3 is 2.71 bits per heavy atom. The fourth-order valence-electron chi connectivity index (χ4n) is 2.73. The molecule has 104 valence electrons. The zero-order valence-electron chi connectivity index (χ0n) is 11.3. The van der Waals surface area contributed by atoms with Gasteiger partial charge in [-0.25, -0.2) is 0 Å². The van der Waals surface area contributed by atoms with Gasteiger partial charge in [0.05, 0.1) is 12.2 Å². The van der Waals surface area contributed by atoms with E-state index in [1.54, 1.807) is 0 Å². The maximum Gasteiger partial charge on any atom is 0.144 e. The molecular formula is C18H14ClNO. The van der Waals surface area contributed by atoms with Crippen molar-refractivity contribution in [3.05, 3.63) is 71.2 Å². The molecule has 1 unspecified atom stereocenters. The van der Waals surface area contributed by atoms with Gasteiger partial charge in [0.1, 0.15) is 11.9 Å². The molecule has 1 aliphatic heterocycles. The van der Waals surface area contributed by atoms with Crippen LogP contribution in [0.3, 0.4) is 0 Å². The van der Waals surface area contributed by atoms with Crippen LogP contribution >= 0.6 is 11.6 Å². The quantitative estimate of drug-likeness (QED) is 0.679. The van der Waals surface area contributed by atoms with Gasteiger partial charge in [-0.2, -0.15) is 0 Å². The molecule has 0 fully saturated rings. The van der Waals surface area contributed by atoms with Gasteiger partial charge in [-0.1, -0.05) is 48.0 Å². The third-order valence-corrected chi connectivity index (χ3v) is 4.07. The van der Waals surface area contributed by atoms with Crippen molar-refractivity contribution in [2.75, 3.05) is 11.9 Å². The Labute approximate surface area is 128 Å². The molecule has 0 saturated heterocycles. The van der Waals surface area contributed by atoms with Gasteiger partial charge in [0.2, 0.25) is 0 Å². The zero-order chi connectivity index (χ0) is 14.2. The molecule has 3 heteroatoms. The Balaban J connectivity index is 1.70. The highest BCUT2D eigenvalue weighted by Gasteiger charge is 2.21. The van der Waals surface area contributed by atoms with E-state index in [4.69, 9.17) is 16.3 Å². The fraction of sp³-hybridized carbons (Fsp3) is 0.111. The highest BCUT2D eigenvalue weighted by molar-refractivity contribution is 6.30. The minimum Gasteiger partial charge on any atom is -0.482 e. The molecule has 4 rings (SSSR count). The Bertz CT molecular complexity index is 815. The number of benzene rings is 3. The summed E-state index contributed by atoms with van der Waals surface area (Å²) < 4.78 is 6.10. The van der Waals surface area contributed by atoms with Crippen molar-refractivity contribution in [2.45, 2.75) is 6.10 Å². The molecule has 0 amide bonds. The van der Waals surface area contributed by atoms with Crippen LogP contribution in [0.25, 0.3) is 10.8 Å².